The Balaban J connectivity index is 1.34. The van der Waals surface area contributed by atoms with Crippen LogP contribution in [0.1, 0.15) is 0 Å². The second-order valence-corrected chi connectivity index (χ2v) is 10.6. The van der Waals surface area contributed by atoms with Gasteiger partial charge < -0.3 is 0 Å². The minimum atomic E-state index is 0.854. The van der Waals surface area contributed by atoms with Gasteiger partial charge in [-0.05, 0) is 66.2 Å². The third-order valence-electron chi connectivity index (χ3n) is 8.16. The molecular weight excluding hydrogens is 528 g/mol. The van der Waals surface area contributed by atoms with Crippen molar-refractivity contribution in [1.82, 2.24) is 28.5 Å². The first-order valence-corrected chi connectivity index (χ1v) is 14.3. The first-order chi connectivity index (χ1) is 21.3. The van der Waals surface area contributed by atoms with Crippen LogP contribution in [0.25, 0.3) is 72.8 Å². The molecule has 5 aromatic heterocycles. The Labute approximate surface area is 246 Å². The summed E-state index contributed by atoms with van der Waals surface area (Å²) in [6.07, 6.45) is 3.72. The Hall–Kier alpha value is -6.01. The lowest BCUT2D eigenvalue weighted by Gasteiger charge is -2.08. The summed E-state index contributed by atoms with van der Waals surface area (Å²) in [7, 11) is 0. The van der Waals surface area contributed by atoms with Crippen LogP contribution in [0.4, 0.5) is 0 Å². The van der Waals surface area contributed by atoms with Crippen LogP contribution in [-0.4, -0.2) is 28.5 Å². The maximum absolute atomic E-state index is 5.34. The van der Waals surface area contributed by atoms with Gasteiger partial charge in [0.05, 0.1) is 27.9 Å². The van der Waals surface area contributed by atoms with E-state index in [0.29, 0.717) is 0 Å². The van der Waals surface area contributed by atoms with E-state index in [4.69, 9.17) is 9.97 Å². The number of imidazole rings is 2. The molecule has 43 heavy (non-hydrogen) atoms. The van der Waals surface area contributed by atoms with E-state index < -0.39 is 0 Å². The van der Waals surface area contributed by atoms with Gasteiger partial charge in [0.2, 0.25) is 5.78 Å². The fourth-order valence-corrected chi connectivity index (χ4v) is 6.22. The van der Waals surface area contributed by atoms with E-state index in [2.05, 4.69) is 122 Å². The van der Waals surface area contributed by atoms with Crippen LogP contribution in [0.2, 0.25) is 0 Å². The molecule has 6 nitrogen and oxygen atoms in total. The molecule has 0 saturated carbocycles. The molecule has 5 heterocycles. The van der Waals surface area contributed by atoms with E-state index in [1.54, 1.807) is 6.20 Å². The lowest BCUT2D eigenvalue weighted by molar-refractivity contribution is 1.08. The number of pyridine rings is 2. The van der Waals surface area contributed by atoms with E-state index in [0.717, 1.165) is 72.8 Å². The highest BCUT2D eigenvalue weighted by Gasteiger charge is 2.23. The van der Waals surface area contributed by atoms with Crippen molar-refractivity contribution in [2.75, 3.05) is 0 Å². The molecule has 9 aromatic rings. The molecule has 0 saturated heterocycles. The maximum atomic E-state index is 5.34. The molecule has 6 heteroatoms. The number of hydrogen-bond acceptors (Lipinski definition) is 3. The van der Waals surface area contributed by atoms with Crippen molar-refractivity contribution < 1.29 is 0 Å². The SMILES string of the molecule is c1ccc(-n2c3cc(-c4ccc(-c5ccccn5)nc4)ccc3n3c2nc2c4ccccc4n(-c4ccccc4)c23)cc1. The lowest BCUT2D eigenvalue weighted by atomic mass is 10.1. The highest BCUT2D eigenvalue weighted by Crippen LogP contribution is 2.37. The summed E-state index contributed by atoms with van der Waals surface area (Å²) in [5.74, 6) is 0.877. The van der Waals surface area contributed by atoms with Crippen molar-refractivity contribution in [2.24, 2.45) is 0 Å². The zero-order valence-electron chi connectivity index (χ0n) is 23.0. The number of aromatic nitrogens is 6. The van der Waals surface area contributed by atoms with Crippen molar-refractivity contribution in [3.63, 3.8) is 0 Å². The third-order valence-corrected chi connectivity index (χ3v) is 8.16. The topological polar surface area (TPSA) is 52.9 Å². The standard InChI is InChI=1S/C37H24N6/c1-3-11-27(12-4-1)41-32-17-8-7-15-29(32)35-36(41)43-33-21-19-25(26-18-20-31(39-24-26)30-16-9-10-22-38-30)23-34(33)42(37(43)40-35)28-13-5-2-6-14-28/h1-24H. The summed E-state index contributed by atoms with van der Waals surface area (Å²) in [4.78, 5) is 14.5. The molecule has 0 fully saturated rings. The molecule has 0 radical (unpaired) electrons. The van der Waals surface area contributed by atoms with Gasteiger partial charge >= 0.3 is 0 Å². The quantitative estimate of drug-likeness (QED) is 0.220. The number of para-hydroxylation sites is 3. The second kappa shape index (κ2) is 9.26. The average Bonchev–Trinajstić information content (AvgIpc) is 3.71. The Morgan fingerprint density at radius 2 is 1.19 bits per heavy atom. The van der Waals surface area contributed by atoms with Crippen molar-refractivity contribution >= 4 is 38.9 Å². The van der Waals surface area contributed by atoms with E-state index in [1.807, 2.05) is 36.5 Å². The molecule has 0 spiro atoms. The van der Waals surface area contributed by atoms with E-state index >= 15 is 0 Å². The molecule has 0 amide bonds. The van der Waals surface area contributed by atoms with E-state index in [1.165, 1.54) is 0 Å². The molecule has 4 aromatic carbocycles. The molecule has 0 aliphatic heterocycles. The molecule has 0 aliphatic carbocycles. The van der Waals surface area contributed by atoms with Crippen molar-refractivity contribution in [1.29, 1.82) is 0 Å². The van der Waals surface area contributed by atoms with Gasteiger partial charge in [0.15, 0.2) is 5.65 Å². The molecule has 0 N–H and O–H groups in total. The van der Waals surface area contributed by atoms with Crippen LogP contribution >= 0.6 is 0 Å². The molecule has 202 valence electrons. The third kappa shape index (κ3) is 3.57. The molecule has 9 rings (SSSR count). The molecular formula is C37H24N6. The fourth-order valence-electron chi connectivity index (χ4n) is 6.22. The number of hydrogen-bond donors (Lipinski definition) is 0. The summed E-state index contributed by atoms with van der Waals surface area (Å²) in [5.41, 5.74) is 11.4. The van der Waals surface area contributed by atoms with Gasteiger partial charge in [-0.1, -0.05) is 72.8 Å². The monoisotopic (exact) mass is 552 g/mol. The van der Waals surface area contributed by atoms with E-state index in [-0.39, 0.29) is 0 Å². The van der Waals surface area contributed by atoms with Crippen LogP contribution in [0.15, 0.2) is 146 Å². The Bertz CT molecular complexity index is 2420. The Kier molecular flexibility index (Phi) is 5.10. The largest absolute Gasteiger partial charge is 0.294 e. The molecule has 0 atom stereocenters. The fraction of sp³-hybridized carbons (Fsp3) is 0. The van der Waals surface area contributed by atoms with Gasteiger partial charge in [0.25, 0.3) is 0 Å². The van der Waals surface area contributed by atoms with Gasteiger partial charge in [-0.15, -0.1) is 0 Å². The Morgan fingerprint density at radius 1 is 0.488 bits per heavy atom. The van der Waals surface area contributed by atoms with Crippen molar-refractivity contribution in [2.45, 2.75) is 0 Å². The molecule has 0 unspecified atom stereocenters. The average molecular weight is 553 g/mol. The molecule has 0 aliphatic rings. The number of rotatable bonds is 4. The minimum Gasteiger partial charge on any atom is -0.294 e. The van der Waals surface area contributed by atoms with Gasteiger partial charge in [0.1, 0.15) is 5.52 Å². The van der Waals surface area contributed by atoms with Crippen LogP contribution in [-0.2, 0) is 0 Å². The van der Waals surface area contributed by atoms with Crippen molar-refractivity contribution in [3.05, 3.63) is 146 Å². The second-order valence-electron chi connectivity index (χ2n) is 10.6. The maximum Gasteiger partial charge on any atom is 0.221 e. The van der Waals surface area contributed by atoms with Crippen LogP contribution in [0.3, 0.4) is 0 Å². The molecule has 0 bridgehead atoms. The predicted molar refractivity (Wildman–Crippen MR) is 173 cm³/mol. The summed E-state index contributed by atoms with van der Waals surface area (Å²) in [6, 6.07) is 46.2. The summed E-state index contributed by atoms with van der Waals surface area (Å²) >= 11 is 0. The van der Waals surface area contributed by atoms with Crippen LogP contribution < -0.4 is 0 Å². The smallest absolute Gasteiger partial charge is 0.221 e. The first kappa shape index (κ1) is 23.7. The van der Waals surface area contributed by atoms with Gasteiger partial charge in [-0.2, -0.15) is 0 Å². The summed E-state index contributed by atoms with van der Waals surface area (Å²) in [6.45, 7) is 0. The number of benzene rings is 4. The summed E-state index contributed by atoms with van der Waals surface area (Å²) < 4.78 is 6.89. The number of nitrogens with zero attached hydrogens (tertiary/aromatic N) is 6. The predicted octanol–water partition coefficient (Wildman–Crippen LogP) is 8.50. The van der Waals surface area contributed by atoms with Crippen LogP contribution in [0.5, 0.6) is 0 Å². The summed E-state index contributed by atoms with van der Waals surface area (Å²) in [5, 5.41) is 1.13. The lowest BCUT2D eigenvalue weighted by Crippen LogP contribution is -1.97. The van der Waals surface area contributed by atoms with Gasteiger partial charge in [0, 0.05) is 34.7 Å². The highest BCUT2D eigenvalue weighted by molar-refractivity contribution is 6.09. The Morgan fingerprint density at radius 3 is 1.93 bits per heavy atom. The van der Waals surface area contributed by atoms with Crippen LogP contribution in [0, 0.1) is 0 Å². The minimum absolute atomic E-state index is 0.854. The normalized spacial score (nSPS) is 11.7. The zero-order chi connectivity index (χ0) is 28.3. The zero-order valence-corrected chi connectivity index (χ0v) is 23.0. The van der Waals surface area contributed by atoms with Gasteiger partial charge in [-0.25, -0.2) is 4.98 Å². The highest BCUT2D eigenvalue weighted by atomic mass is 15.3. The van der Waals surface area contributed by atoms with Crippen molar-refractivity contribution in [3.8, 4) is 33.9 Å². The number of fused-ring (bicyclic) bond motifs is 7. The van der Waals surface area contributed by atoms with E-state index in [9.17, 15) is 0 Å². The van der Waals surface area contributed by atoms with Gasteiger partial charge in [-0.3, -0.25) is 23.5 Å². The first-order valence-electron chi connectivity index (χ1n) is 14.3.